The molecule has 1 atom stereocenters. The van der Waals surface area contributed by atoms with Crippen LogP contribution in [0.3, 0.4) is 0 Å². The molecule has 4 nitrogen and oxygen atoms in total. The summed E-state index contributed by atoms with van der Waals surface area (Å²) in [5.74, 6) is 1.09. The highest BCUT2D eigenvalue weighted by molar-refractivity contribution is 7.71. The summed E-state index contributed by atoms with van der Waals surface area (Å²) >= 11 is 5.51. The molecule has 0 aromatic carbocycles. The summed E-state index contributed by atoms with van der Waals surface area (Å²) < 4.78 is 3.12. The SMILES string of the molecule is CC1CCCCCN1c1n[nH]c(=S)n1C1CCCCC1. The number of H-pyrrole nitrogens is 1. The molecule has 1 saturated heterocycles. The molecule has 0 spiro atoms. The highest BCUT2D eigenvalue weighted by atomic mass is 32.1. The Bertz CT molecular complexity index is 486. The largest absolute Gasteiger partial charge is 0.338 e. The first-order chi connectivity index (χ1) is 9.77. The van der Waals surface area contributed by atoms with Gasteiger partial charge in [0, 0.05) is 18.6 Å². The van der Waals surface area contributed by atoms with Crippen molar-refractivity contribution in [2.24, 2.45) is 0 Å². The molecule has 2 heterocycles. The molecule has 1 aromatic rings. The summed E-state index contributed by atoms with van der Waals surface area (Å²) in [4.78, 5) is 2.48. The van der Waals surface area contributed by atoms with Gasteiger partial charge < -0.3 is 4.90 Å². The van der Waals surface area contributed by atoms with Crippen LogP contribution in [0.15, 0.2) is 0 Å². The van der Waals surface area contributed by atoms with Gasteiger partial charge in [0.15, 0.2) is 4.77 Å². The van der Waals surface area contributed by atoms with E-state index in [1.165, 1.54) is 57.8 Å². The van der Waals surface area contributed by atoms with E-state index >= 15 is 0 Å². The minimum atomic E-state index is 0.556. The van der Waals surface area contributed by atoms with E-state index in [4.69, 9.17) is 12.2 Å². The van der Waals surface area contributed by atoms with E-state index in [0.717, 1.165) is 17.3 Å². The van der Waals surface area contributed by atoms with Crippen LogP contribution in [0, 0.1) is 4.77 Å². The topological polar surface area (TPSA) is 36.9 Å². The van der Waals surface area contributed by atoms with E-state index in [0.29, 0.717) is 12.1 Å². The zero-order valence-electron chi connectivity index (χ0n) is 12.5. The molecule has 1 aliphatic heterocycles. The van der Waals surface area contributed by atoms with Crippen LogP contribution >= 0.6 is 12.2 Å². The van der Waals surface area contributed by atoms with E-state index in [-0.39, 0.29) is 0 Å². The maximum atomic E-state index is 5.51. The average Bonchev–Trinajstić information content (AvgIpc) is 2.71. The Morgan fingerprint density at radius 3 is 2.55 bits per heavy atom. The van der Waals surface area contributed by atoms with Gasteiger partial charge in [-0.05, 0) is 44.8 Å². The van der Waals surface area contributed by atoms with E-state index in [1.807, 2.05) is 0 Å². The molecule has 1 N–H and O–H groups in total. The van der Waals surface area contributed by atoms with Crippen LogP contribution in [0.1, 0.15) is 70.8 Å². The lowest BCUT2D eigenvalue weighted by atomic mass is 9.95. The molecular weight excluding hydrogens is 268 g/mol. The van der Waals surface area contributed by atoms with Crippen molar-refractivity contribution in [3.05, 3.63) is 4.77 Å². The van der Waals surface area contributed by atoms with Crippen LogP contribution in [-0.4, -0.2) is 27.4 Å². The van der Waals surface area contributed by atoms with Gasteiger partial charge in [-0.15, -0.1) is 5.10 Å². The lowest BCUT2D eigenvalue weighted by Gasteiger charge is -2.31. The van der Waals surface area contributed by atoms with Crippen LogP contribution in [0.4, 0.5) is 5.95 Å². The van der Waals surface area contributed by atoms with Crippen LogP contribution in [0.2, 0.25) is 0 Å². The second-order valence-electron chi connectivity index (χ2n) is 6.38. The summed E-state index contributed by atoms with van der Waals surface area (Å²) in [6.07, 6.45) is 11.8. The van der Waals surface area contributed by atoms with Crippen LogP contribution in [0.25, 0.3) is 0 Å². The first-order valence-corrected chi connectivity index (χ1v) is 8.62. The Morgan fingerprint density at radius 2 is 1.75 bits per heavy atom. The quantitative estimate of drug-likeness (QED) is 0.830. The van der Waals surface area contributed by atoms with Gasteiger partial charge in [-0.1, -0.05) is 32.1 Å². The second-order valence-corrected chi connectivity index (χ2v) is 6.77. The van der Waals surface area contributed by atoms with E-state index in [9.17, 15) is 0 Å². The van der Waals surface area contributed by atoms with Gasteiger partial charge in [-0.2, -0.15) is 0 Å². The summed E-state index contributed by atoms with van der Waals surface area (Å²) in [6.45, 7) is 3.45. The number of nitrogens with zero attached hydrogens (tertiary/aromatic N) is 3. The van der Waals surface area contributed by atoms with Crippen molar-refractivity contribution >= 4 is 18.2 Å². The first-order valence-electron chi connectivity index (χ1n) is 8.21. The Morgan fingerprint density at radius 1 is 1.05 bits per heavy atom. The fraction of sp³-hybridized carbons (Fsp3) is 0.867. The normalized spacial score (nSPS) is 25.6. The molecule has 0 amide bonds. The third kappa shape index (κ3) is 2.78. The van der Waals surface area contributed by atoms with E-state index in [1.54, 1.807) is 0 Å². The molecule has 2 aliphatic rings. The maximum absolute atomic E-state index is 5.51. The Balaban J connectivity index is 1.90. The Hall–Kier alpha value is -0.840. The van der Waals surface area contributed by atoms with Gasteiger partial charge in [-0.3, -0.25) is 4.57 Å². The minimum Gasteiger partial charge on any atom is -0.338 e. The number of anilines is 1. The van der Waals surface area contributed by atoms with Gasteiger partial charge in [0.1, 0.15) is 0 Å². The van der Waals surface area contributed by atoms with Gasteiger partial charge in [0.25, 0.3) is 0 Å². The summed E-state index contributed by atoms with van der Waals surface area (Å²) in [6, 6.07) is 1.13. The van der Waals surface area contributed by atoms with Crippen molar-refractivity contribution in [2.45, 2.75) is 76.8 Å². The second kappa shape index (κ2) is 6.29. The van der Waals surface area contributed by atoms with Gasteiger partial charge >= 0.3 is 0 Å². The fourth-order valence-electron chi connectivity index (χ4n) is 3.74. The number of rotatable bonds is 2. The molecule has 20 heavy (non-hydrogen) atoms. The molecule has 1 aliphatic carbocycles. The number of nitrogens with one attached hydrogen (secondary N) is 1. The van der Waals surface area contributed by atoms with E-state index in [2.05, 4.69) is 26.6 Å². The van der Waals surface area contributed by atoms with Gasteiger partial charge in [0.05, 0.1) is 0 Å². The fourth-order valence-corrected chi connectivity index (χ4v) is 4.02. The molecule has 1 saturated carbocycles. The smallest absolute Gasteiger partial charge is 0.226 e. The van der Waals surface area contributed by atoms with Crippen molar-refractivity contribution in [3.8, 4) is 0 Å². The summed E-state index contributed by atoms with van der Waals surface area (Å²) in [5, 5.41) is 7.63. The zero-order valence-corrected chi connectivity index (χ0v) is 13.3. The molecule has 1 unspecified atom stereocenters. The molecule has 0 bridgehead atoms. The van der Waals surface area contributed by atoms with Gasteiger partial charge in [-0.25, -0.2) is 5.10 Å². The summed E-state index contributed by atoms with van der Waals surface area (Å²) in [5.41, 5.74) is 0. The first kappa shape index (κ1) is 14.1. The Kier molecular flexibility index (Phi) is 4.44. The number of hydrogen-bond donors (Lipinski definition) is 1. The predicted molar refractivity (Wildman–Crippen MR) is 84.8 cm³/mol. The molecule has 3 rings (SSSR count). The lowest BCUT2D eigenvalue weighted by Crippen LogP contribution is -2.35. The molecular formula is C15H26N4S. The van der Waals surface area contributed by atoms with Crippen LogP contribution in [0.5, 0.6) is 0 Å². The molecule has 2 fully saturated rings. The Labute approximate surface area is 126 Å². The highest BCUT2D eigenvalue weighted by Gasteiger charge is 2.26. The lowest BCUT2D eigenvalue weighted by molar-refractivity contribution is 0.348. The van der Waals surface area contributed by atoms with Crippen molar-refractivity contribution < 1.29 is 0 Å². The molecule has 112 valence electrons. The van der Waals surface area contributed by atoms with E-state index < -0.39 is 0 Å². The highest BCUT2D eigenvalue weighted by Crippen LogP contribution is 2.32. The number of aromatic nitrogens is 3. The number of aromatic amines is 1. The molecule has 5 heteroatoms. The summed E-state index contributed by atoms with van der Waals surface area (Å²) in [7, 11) is 0. The minimum absolute atomic E-state index is 0.556. The average molecular weight is 294 g/mol. The van der Waals surface area contributed by atoms with Crippen LogP contribution in [-0.2, 0) is 0 Å². The van der Waals surface area contributed by atoms with Gasteiger partial charge in [0.2, 0.25) is 5.95 Å². The zero-order chi connectivity index (χ0) is 13.9. The molecule has 0 radical (unpaired) electrons. The standard InChI is InChI=1S/C15H26N4S/c1-12-8-4-3-7-11-18(12)14-16-17-15(20)19(14)13-9-5-2-6-10-13/h12-13H,2-11H2,1H3,(H,17,20). The molecule has 1 aromatic heterocycles. The predicted octanol–water partition coefficient (Wildman–Crippen LogP) is 4.21. The third-order valence-corrected chi connectivity index (χ3v) is 5.22. The number of hydrogen-bond acceptors (Lipinski definition) is 3. The van der Waals surface area contributed by atoms with Crippen molar-refractivity contribution in [3.63, 3.8) is 0 Å². The maximum Gasteiger partial charge on any atom is 0.226 e. The van der Waals surface area contributed by atoms with Crippen molar-refractivity contribution in [2.75, 3.05) is 11.4 Å². The van der Waals surface area contributed by atoms with Crippen molar-refractivity contribution in [1.29, 1.82) is 0 Å². The monoisotopic (exact) mass is 294 g/mol. The van der Waals surface area contributed by atoms with Crippen LogP contribution < -0.4 is 4.90 Å². The third-order valence-electron chi connectivity index (χ3n) is 4.94. The van der Waals surface area contributed by atoms with Crippen molar-refractivity contribution in [1.82, 2.24) is 14.8 Å².